The highest BCUT2D eigenvalue weighted by Gasteiger charge is 2.23. The Hall–Kier alpha value is -6.35. The van der Waals surface area contributed by atoms with Crippen LogP contribution in [0.15, 0.2) is 115 Å². The zero-order valence-electron chi connectivity index (χ0n) is 26.9. The number of halogens is 1. The van der Waals surface area contributed by atoms with E-state index in [0.717, 1.165) is 11.3 Å². The Balaban J connectivity index is 0.000000212. The summed E-state index contributed by atoms with van der Waals surface area (Å²) in [6.45, 7) is 0. The van der Waals surface area contributed by atoms with Gasteiger partial charge in [-0.1, -0.05) is 84.5 Å². The summed E-state index contributed by atoms with van der Waals surface area (Å²) >= 11 is 12.2. The van der Waals surface area contributed by atoms with E-state index in [1.54, 1.807) is 72.8 Å². The number of esters is 1. The first kappa shape index (κ1) is 36.9. The lowest BCUT2D eigenvalue weighted by Gasteiger charge is -2.10. The predicted octanol–water partition coefficient (Wildman–Crippen LogP) is 9.09. The molecule has 0 unspecified atom stereocenters. The molecular weight excluding hydrogens is 728 g/mol. The monoisotopic (exact) mass is 752 g/mol. The van der Waals surface area contributed by atoms with Crippen LogP contribution in [-0.4, -0.2) is 44.0 Å². The smallest absolute Gasteiger partial charge is 0.338 e. The van der Waals surface area contributed by atoms with Gasteiger partial charge in [-0.2, -0.15) is 0 Å². The van der Waals surface area contributed by atoms with Gasteiger partial charge in [-0.25, -0.2) is 14.6 Å². The van der Waals surface area contributed by atoms with E-state index in [1.165, 1.54) is 42.7 Å². The molecule has 6 rings (SSSR count). The van der Waals surface area contributed by atoms with Gasteiger partial charge in [-0.05, 0) is 36.4 Å². The molecule has 0 aliphatic rings. The van der Waals surface area contributed by atoms with E-state index < -0.39 is 21.8 Å². The number of hydrogen-bond donors (Lipinski definition) is 2. The van der Waals surface area contributed by atoms with Crippen LogP contribution in [-0.2, 0) is 4.74 Å². The van der Waals surface area contributed by atoms with Gasteiger partial charge >= 0.3 is 11.9 Å². The molecule has 0 radical (unpaired) electrons. The third-order valence-corrected chi connectivity index (χ3v) is 9.01. The highest BCUT2D eigenvalue weighted by Crippen LogP contribution is 2.37. The number of nitrogens with zero attached hydrogens (tertiary/aromatic N) is 3. The van der Waals surface area contributed by atoms with Crippen molar-refractivity contribution in [2.75, 3.05) is 7.11 Å². The summed E-state index contributed by atoms with van der Waals surface area (Å²) in [6, 6.07) is 29.0. The molecule has 0 saturated heterocycles. The molecule has 0 fully saturated rings. The second-order valence-corrected chi connectivity index (χ2v) is 12.5. The lowest BCUT2D eigenvalue weighted by Crippen LogP contribution is -2.12. The van der Waals surface area contributed by atoms with Crippen LogP contribution in [0.25, 0.3) is 44.1 Å². The van der Waals surface area contributed by atoms with Gasteiger partial charge < -0.3 is 15.6 Å². The Bertz CT molecular complexity index is 2360. The lowest BCUT2D eigenvalue weighted by molar-refractivity contribution is -0.384. The molecule has 0 bridgehead atoms. The highest BCUT2D eigenvalue weighted by atomic mass is 35.5. The number of aromatic nitrogens is 1. The number of carbonyl (C=O) groups is 2. The van der Waals surface area contributed by atoms with Gasteiger partial charge in [0.2, 0.25) is 0 Å². The molecule has 52 heavy (non-hydrogen) atoms. The standard InChI is InChI=1S/C22H13ClN2O4S.C15H12N2O4S/c23-15-8-5-13(6-9-15)19-12-30-21(24-19)14-7-10-16(18(11-14)22(26)27)17-3-1-2-4-20(17)25(28)29;1-21-15(18)12-8-9(14(16)22)6-7-10(12)11-4-2-3-5-13(11)17(19)20/h1-12H,(H,26,27);2-8H,1H3,(H2,16,22). The van der Waals surface area contributed by atoms with Gasteiger partial charge in [0.15, 0.2) is 0 Å². The van der Waals surface area contributed by atoms with Crippen molar-refractivity contribution in [1.29, 1.82) is 0 Å². The number of benzene rings is 5. The van der Waals surface area contributed by atoms with Crippen molar-refractivity contribution in [3.8, 4) is 44.1 Å². The van der Waals surface area contributed by atoms with Gasteiger partial charge in [0.1, 0.15) is 10.00 Å². The average Bonchev–Trinajstić information content (AvgIpc) is 3.65. The molecule has 0 saturated carbocycles. The maximum absolute atomic E-state index is 12.0. The first-order chi connectivity index (χ1) is 24.9. The topological polar surface area (TPSA) is 189 Å². The van der Waals surface area contributed by atoms with Gasteiger partial charge in [-0.3, -0.25) is 20.2 Å². The number of rotatable bonds is 9. The van der Waals surface area contributed by atoms with Crippen LogP contribution >= 0.6 is 35.2 Å². The van der Waals surface area contributed by atoms with Crippen LogP contribution in [0, 0.1) is 20.2 Å². The minimum atomic E-state index is -1.17. The van der Waals surface area contributed by atoms with E-state index in [2.05, 4.69) is 4.98 Å². The largest absolute Gasteiger partial charge is 0.478 e. The quantitative estimate of drug-likeness (QED) is 0.0620. The number of ether oxygens (including phenoxy) is 1. The summed E-state index contributed by atoms with van der Waals surface area (Å²) in [4.78, 5) is 50.1. The number of thiazole rings is 1. The molecule has 3 N–H and O–H groups in total. The van der Waals surface area contributed by atoms with Crippen LogP contribution in [0.3, 0.4) is 0 Å². The van der Waals surface area contributed by atoms with Crippen LogP contribution in [0.4, 0.5) is 11.4 Å². The number of nitro groups is 2. The first-order valence-electron chi connectivity index (χ1n) is 15.0. The van der Waals surface area contributed by atoms with Crippen LogP contribution in [0.1, 0.15) is 26.3 Å². The molecule has 0 spiro atoms. The molecule has 0 amide bonds. The summed E-state index contributed by atoms with van der Waals surface area (Å²) in [6.07, 6.45) is 0. The first-order valence-corrected chi connectivity index (χ1v) is 16.6. The van der Waals surface area contributed by atoms with Crippen LogP contribution < -0.4 is 5.73 Å². The predicted molar refractivity (Wildman–Crippen MR) is 203 cm³/mol. The number of thiocarbonyl (C=S) groups is 1. The summed E-state index contributed by atoms with van der Waals surface area (Å²) in [5.74, 6) is -1.79. The number of carboxylic acid groups (broad SMARTS) is 1. The van der Waals surface area contributed by atoms with E-state index in [4.69, 9.17) is 34.3 Å². The third kappa shape index (κ3) is 8.16. The van der Waals surface area contributed by atoms with Crippen molar-refractivity contribution >= 4 is 63.5 Å². The fraction of sp³-hybridized carbons (Fsp3) is 0.0270. The number of nitro benzene ring substituents is 2. The van der Waals surface area contributed by atoms with Crippen molar-refractivity contribution in [2.45, 2.75) is 0 Å². The zero-order chi connectivity index (χ0) is 37.5. The molecule has 0 aliphatic carbocycles. The second kappa shape index (κ2) is 16.1. The molecular formula is C37H25ClN4O8S2. The Morgan fingerprint density at radius 1 is 0.788 bits per heavy atom. The number of para-hydroxylation sites is 2. The number of carboxylic acids is 1. The minimum Gasteiger partial charge on any atom is -0.478 e. The van der Waals surface area contributed by atoms with E-state index in [0.29, 0.717) is 32.3 Å². The number of hydrogen-bond acceptors (Lipinski definition) is 10. The molecule has 1 aromatic heterocycles. The van der Waals surface area contributed by atoms with E-state index in [1.807, 2.05) is 17.5 Å². The second-order valence-electron chi connectivity index (χ2n) is 10.8. The van der Waals surface area contributed by atoms with Crippen molar-refractivity contribution in [1.82, 2.24) is 4.98 Å². The molecule has 15 heteroatoms. The van der Waals surface area contributed by atoms with Crippen molar-refractivity contribution in [3.63, 3.8) is 0 Å². The number of carbonyl (C=O) groups excluding carboxylic acids is 1. The lowest BCUT2D eigenvalue weighted by atomic mass is 9.96. The number of nitrogens with two attached hydrogens (primary N) is 1. The maximum atomic E-state index is 12.0. The van der Waals surface area contributed by atoms with Crippen LogP contribution in [0.5, 0.6) is 0 Å². The Kier molecular flexibility index (Phi) is 11.4. The summed E-state index contributed by atoms with van der Waals surface area (Å²) in [7, 11) is 1.24. The van der Waals surface area contributed by atoms with E-state index >= 15 is 0 Å². The van der Waals surface area contributed by atoms with Gasteiger partial charge in [-0.15, -0.1) is 11.3 Å². The molecule has 0 atom stereocenters. The Morgan fingerprint density at radius 3 is 1.87 bits per heavy atom. The highest BCUT2D eigenvalue weighted by molar-refractivity contribution is 7.80. The molecule has 260 valence electrons. The number of methoxy groups -OCH3 is 1. The molecule has 1 heterocycles. The Labute approximate surface area is 310 Å². The van der Waals surface area contributed by atoms with Crippen molar-refractivity contribution in [3.05, 3.63) is 157 Å². The van der Waals surface area contributed by atoms with Gasteiger partial charge in [0.25, 0.3) is 11.4 Å². The third-order valence-electron chi connectivity index (χ3n) is 7.63. The van der Waals surface area contributed by atoms with Crippen LogP contribution in [0.2, 0.25) is 5.02 Å². The van der Waals surface area contributed by atoms with Gasteiger partial charge in [0.05, 0.1) is 44.9 Å². The zero-order valence-corrected chi connectivity index (χ0v) is 29.3. The number of aromatic carboxylic acids is 1. The molecule has 6 aromatic rings. The normalized spacial score (nSPS) is 10.4. The van der Waals surface area contributed by atoms with Crippen molar-refractivity contribution in [2.24, 2.45) is 5.73 Å². The van der Waals surface area contributed by atoms with E-state index in [-0.39, 0.29) is 38.6 Å². The summed E-state index contributed by atoms with van der Waals surface area (Å²) < 4.78 is 4.74. The van der Waals surface area contributed by atoms with Gasteiger partial charge in [0, 0.05) is 50.4 Å². The fourth-order valence-corrected chi connectivity index (χ4v) is 6.26. The fourth-order valence-electron chi connectivity index (χ4n) is 5.18. The minimum absolute atomic E-state index is 0.0231. The SMILES string of the molecule is COC(=O)c1cc(C(N)=S)ccc1-c1ccccc1[N+](=O)[O-].O=C(O)c1cc(-c2nc(-c3ccc(Cl)cc3)cs2)ccc1-c1ccccc1[N+](=O)[O-]. The maximum Gasteiger partial charge on any atom is 0.338 e. The van der Waals surface area contributed by atoms with Crippen molar-refractivity contribution < 1.29 is 29.3 Å². The molecule has 0 aliphatic heterocycles. The summed E-state index contributed by atoms with van der Waals surface area (Å²) in [5, 5.41) is 35.4. The summed E-state index contributed by atoms with van der Waals surface area (Å²) in [5.41, 5.74) is 9.48. The van der Waals surface area contributed by atoms with E-state index in [9.17, 15) is 34.9 Å². The average molecular weight is 753 g/mol. The Morgan fingerprint density at radius 2 is 1.33 bits per heavy atom. The molecule has 12 nitrogen and oxygen atoms in total. The molecule has 5 aromatic carbocycles.